The van der Waals surface area contributed by atoms with Crippen molar-refractivity contribution >= 4 is 28.3 Å². The van der Waals surface area contributed by atoms with Crippen molar-refractivity contribution in [3.8, 4) is 0 Å². The van der Waals surface area contributed by atoms with E-state index in [1.54, 1.807) is 6.08 Å². The van der Waals surface area contributed by atoms with Crippen molar-refractivity contribution in [2.75, 3.05) is 12.4 Å². The molecule has 6 nitrogen and oxygen atoms in total. The van der Waals surface area contributed by atoms with Crippen molar-refractivity contribution in [1.82, 2.24) is 15.1 Å². The second kappa shape index (κ2) is 8.03. The largest absolute Gasteiger partial charge is 0.445 e. The Kier molecular flexibility index (Phi) is 5.61. The summed E-state index contributed by atoms with van der Waals surface area (Å²) in [5, 5.41) is 8.02. The number of rotatable bonds is 3. The van der Waals surface area contributed by atoms with E-state index in [1.807, 2.05) is 11.9 Å². The van der Waals surface area contributed by atoms with Gasteiger partial charge in [-0.2, -0.15) is 13.2 Å². The number of hydrogen-bond acceptors (Lipinski definition) is 5. The lowest BCUT2D eigenvalue weighted by molar-refractivity contribution is -0.139. The zero-order valence-electron chi connectivity index (χ0n) is 19.7. The first-order valence-corrected chi connectivity index (χ1v) is 12.9. The van der Waals surface area contributed by atoms with E-state index in [2.05, 4.69) is 35.4 Å². The Hall–Kier alpha value is -1.97. The average molecular weight is 497 g/mol. The Morgan fingerprint density at radius 1 is 1.18 bits per heavy atom. The number of hydrogen-bond donors (Lipinski definition) is 1. The van der Waals surface area contributed by atoms with Gasteiger partial charge in [0.15, 0.2) is 0 Å². The summed E-state index contributed by atoms with van der Waals surface area (Å²) in [5.41, 5.74) is 0.0243. The van der Waals surface area contributed by atoms with Crippen molar-refractivity contribution in [3.05, 3.63) is 17.2 Å². The van der Waals surface area contributed by atoms with E-state index < -0.39 is 11.2 Å². The molecule has 0 aromatic carbocycles. The van der Waals surface area contributed by atoms with Gasteiger partial charge in [-0.1, -0.05) is 31.3 Å². The molecule has 3 aliphatic carbocycles. The van der Waals surface area contributed by atoms with E-state index in [-0.39, 0.29) is 39.7 Å². The third-order valence-corrected chi connectivity index (χ3v) is 10.6. The number of anilines is 1. The molecule has 7 atom stereocenters. The van der Waals surface area contributed by atoms with Crippen LogP contribution >= 0.6 is 11.3 Å². The molecule has 0 unspecified atom stereocenters. The number of alkyl halides is 3. The van der Waals surface area contributed by atoms with Crippen LogP contribution in [0.25, 0.3) is 0 Å². The SMILES string of the molecule is CN1C(=O)C=C[C@]2(C)[C@H]3CC[C@]4(C)[C@@H](CC(=O)Nc5nnc(C(F)(F)F)s5)CC[C@H]4[C@@H]3CC[C@@H]12. The summed E-state index contributed by atoms with van der Waals surface area (Å²) < 4.78 is 38.3. The maximum Gasteiger partial charge on any atom is 0.445 e. The minimum Gasteiger partial charge on any atom is -0.338 e. The van der Waals surface area contributed by atoms with Crippen LogP contribution in [0.1, 0.15) is 63.8 Å². The van der Waals surface area contributed by atoms with Gasteiger partial charge in [0.2, 0.25) is 22.0 Å². The molecular weight excluding hydrogens is 465 g/mol. The van der Waals surface area contributed by atoms with Crippen LogP contribution in [0.5, 0.6) is 0 Å². The molecule has 1 aromatic rings. The first-order chi connectivity index (χ1) is 15.9. The molecule has 0 radical (unpaired) electrons. The number of carbonyl (C=O) groups excluding carboxylic acids is 2. The highest BCUT2D eigenvalue weighted by molar-refractivity contribution is 7.15. The number of amides is 2. The lowest BCUT2D eigenvalue weighted by atomic mass is 9.47. The normalized spacial score (nSPS) is 39.4. The lowest BCUT2D eigenvalue weighted by Gasteiger charge is -2.60. The second-order valence-electron chi connectivity index (χ2n) is 11.1. The quantitative estimate of drug-likeness (QED) is 0.629. The summed E-state index contributed by atoms with van der Waals surface area (Å²) in [5.74, 6) is 1.61. The van der Waals surface area contributed by atoms with Gasteiger partial charge < -0.3 is 10.2 Å². The van der Waals surface area contributed by atoms with Crippen LogP contribution < -0.4 is 5.32 Å². The van der Waals surface area contributed by atoms with E-state index >= 15 is 0 Å². The molecule has 10 heteroatoms. The fraction of sp³-hybridized carbons (Fsp3) is 0.750. The van der Waals surface area contributed by atoms with Crippen LogP contribution in [-0.2, 0) is 15.8 Å². The Bertz CT molecular complexity index is 1030. The molecule has 5 rings (SSSR count). The standard InChI is InChI=1S/C24H31F3N4O2S/c1-22-10-8-16-14(5-7-17-23(16,2)11-9-19(33)31(17)3)15(22)6-4-13(22)12-18(32)28-21-30-29-20(34-21)24(25,26)27/h9,11,13-17H,4-8,10,12H2,1-3H3,(H,28,30,32)/t13-,14+,15+,16+,17-,22-,23-/m1/s1. The van der Waals surface area contributed by atoms with Crippen molar-refractivity contribution in [3.63, 3.8) is 0 Å². The zero-order chi connectivity index (χ0) is 24.5. The topological polar surface area (TPSA) is 75.2 Å². The Balaban J connectivity index is 1.28. The molecule has 2 amide bonds. The Morgan fingerprint density at radius 3 is 2.65 bits per heavy atom. The fourth-order valence-corrected chi connectivity index (χ4v) is 8.59. The van der Waals surface area contributed by atoms with Crippen molar-refractivity contribution in [2.24, 2.45) is 34.5 Å². The maximum absolute atomic E-state index is 12.8. The summed E-state index contributed by atoms with van der Waals surface area (Å²) >= 11 is 0.360. The number of halogens is 3. The number of carbonyl (C=O) groups is 2. The van der Waals surface area contributed by atoms with Crippen molar-refractivity contribution < 1.29 is 22.8 Å². The van der Waals surface area contributed by atoms with E-state index in [4.69, 9.17) is 0 Å². The van der Waals surface area contributed by atoms with E-state index in [1.165, 1.54) is 0 Å². The molecule has 1 aliphatic heterocycles. The van der Waals surface area contributed by atoms with Gasteiger partial charge in [0.05, 0.1) is 0 Å². The minimum atomic E-state index is -4.56. The lowest BCUT2D eigenvalue weighted by Crippen LogP contribution is -2.59. The monoisotopic (exact) mass is 496 g/mol. The summed E-state index contributed by atoms with van der Waals surface area (Å²) in [6, 6.07) is 0.243. The Labute approximate surface area is 201 Å². The molecule has 3 saturated carbocycles. The molecular formula is C24H31F3N4O2S. The number of nitrogens with zero attached hydrogens (tertiary/aromatic N) is 3. The van der Waals surface area contributed by atoms with Crippen LogP contribution in [-0.4, -0.2) is 40.0 Å². The molecule has 0 spiro atoms. The maximum atomic E-state index is 12.8. The summed E-state index contributed by atoms with van der Waals surface area (Å²) in [7, 11) is 1.92. The van der Waals surface area contributed by atoms with E-state index in [0.29, 0.717) is 35.5 Å². The highest BCUT2D eigenvalue weighted by atomic mass is 32.1. The predicted octanol–water partition coefficient (Wildman–Crippen LogP) is 5.14. The smallest absolute Gasteiger partial charge is 0.338 e. The van der Waals surface area contributed by atoms with Gasteiger partial charge >= 0.3 is 6.18 Å². The van der Waals surface area contributed by atoms with E-state index in [9.17, 15) is 22.8 Å². The first-order valence-electron chi connectivity index (χ1n) is 12.1. The summed E-state index contributed by atoms with van der Waals surface area (Å²) in [4.78, 5) is 26.9. The number of nitrogens with one attached hydrogen (secondary N) is 1. The minimum absolute atomic E-state index is 0.0175. The van der Waals surface area contributed by atoms with Gasteiger partial charge in [-0.15, -0.1) is 10.2 Å². The highest BCUT2D eigenvalue weighted by Gasteiger charge is 2.60. The van der Waals surface area contributed by atoms with Gasteiger partial charge in [-0.3, -0.25) is 9.59 Å². The van der Waals surface area contributed by atoms with Crippen LogP contribution in [0.3, 0.4) is 0 Å². The van der Waals surface area contributed by atoms with Crippen LogP contribution in [0.4, 0.5) is 18.3 Å². The third kappa shape index (κ3) is 3.67. The summed E-state index contributed by atoms with van der Waals surface area (Å²) in [6.07, 6.45) is 5.87. The van der Waals surface area contributed by atoms with Crippen molar-refractivity contribution in [2.45, 2.75) is 71.0 Å². The first kappa shape index (κ1) is 23.8. The van der Waals surface area contributed by atoms with Crippen LogP contribution in [0, 0.1) is 34.5 Å². The molecule has 1 N–H and O–H groups in total. The summed E-state index contributed by atoms with van der Waals surface area (Å²) in [6.45, 7) is 4.63. The predicted molar refractivity (Wildman–Crippen MR) is 122 cm³/mol. The average Bonchev–Trinajstić information content (AvgIpc) is 3.36. The van der Waals surface area contributed by atoms with Gasteiger partial charge in [-0.25, -0.2) is 0 Å². The molecule has 186 valence electrons. The molecule has 2 heterocycles. The zero-order valence-corrected chi connectivity index (χ0v) is 20.5. The molecule has 0 bridgehead atoms. The number of fused-ring (bicyclic) bond motifs is 5. The fourth-order valence-electron chi connectivity index (χ4n) is 7.96. The third-order valence-electron chi connectivity index (χ3n) is 9.67. The van der Waals surface area contributed by atoms with Crippen LogP contribution in [0.2, 0.25) is 0 Å². The van der Waals surface area contributed by atoms with Crippen molar-refractivity contribution in [1.29, 1.82) is 0 Å². The molecule has 0 saturated heterocycles. The van der Waals surface area contributed by atoms with E-state index in [0.717, 1.165) is 38.5 Å². The van der Waals surface area contributed by atoms with Gasteiger partial charge in [-0.05, 0) is 73.7 Å². The Morgan fingerprint density at radius 2 is 1.94 bits per heavy atom. The number of likely N-dealkylation sites (N-methyl/N-ethyl adjacent to an activating group) is 1. The number of aromatic nitrogens is 2. The molecule has 34 heavy (non-hydrogen) atoms. The van der Waals surface area contributed by atoms with Gasteiger partial charge in [0, 0.05) is 24.9 Å². The second-order valence-corrected chi connectivity index (χ2v) is 12.1. The molecule has 1 aromatic heterocycles. The van der Waals surface area contributed by atoms with Gasteiger partial charge in [0.1, 0.15) is 0 Å². The highest BCUT2D eigenvalue weighted by Crippen LogP contribution is 2.66. The molecule has 4 aliphatic rings. The van der Waals surface area contributed by atoms with Gasteiger partial charge in [0.25, 0.3) is 0 Å². The molecule has 3 fully saturated rings. The van der Waals surface area contributed by atoms with Crippen LogP contribution in [0.15, 0.2) is 12.2 Å².